The number of amidine groups is 1. The first-order valence-corrected chi connectivity index (χ1v) is 15.9. The summed E-state index contributed by atoms with van der Waals surface area (Å²) in [5.74, 6) is -1.14. The number of aliphatic hydroxyl groups excluding tert-OH is 1. The van der Waals surface area contributed by atoms with Crippen LogP contribution in [0.4, 0.5) is 15.8 Å². The number of hydrogen-bond donors (Lipinski definition) is 3. The molecule has 2 aliphatic carbocycles. The number of sulfonamides is 2. The van der Waals surface area contributed by atoms with Gasteiger partial charge in [0, 0.05) is 24.2 Å². The average Bonchev–Trinajstić information content (AvgIpc) is 3.40. The number of nitrogens with one attached hydrogen (secondary N) is 2. The van der Waals surface area contributed by atoms with Crippen molar-refractivity contribution in [1.82, 2.24) is 4.90 Å². The maximum atomic E-state index is 14.0. The average molecular weight is 575 g/mol. The number of amides is 1. The number of anilines is 2. The van der Waals surface area contributed by atoms with Crippen molar-refractivity contribution in [3.05, 3.63) is 65.2 Å². The van der Waals surface area contributed by atoms with E-state index in [9.17, 15) is 31.1 Å². The number of benzene rings is 2. The number of hydrogen-bond acceptors (Lipinski definition) is 7. The van der Waals surface area contributed by atoms with Gasteiger partial charge in [0.1, 0.15) is 22.0 Å². The molecule has 13 heteroatoms. The molecule has 2 heterocycles. The van der Waals surface area contributed by atoms with Crippen LogP contribution in [0.5, 0.6) is 0 Å². The van der Waals surface area contributed by atoms with E-state index >= 15 is 0 Å². The molecule has 4 aliphatic rings. The van der Waals surface area contributed by atoms with Crippen LogP contribution in [0.2, 0.25) is 0 Å². The molecule has 6 rings (SSSR count). The third kappa shape index (κ3) is 4.37. The van der Waals surface area contributed by atoms with Gasteiger partial charge in [0.15, 0.2) is 5.84 Å². The fourth-order valence-corrected chi connectivity index (χ4v) is 8.46. The monoisotopic (exact) mass is 574 g/mol. The van der Waals surface area contributed by atoms with E-state index in [4.69, 9.17) is 0 Å². The molecule has 39 heavy (non-hydrogen) atoms. The van der Waals surface area contributed by atoms with E-state index in [1.165, 1.54) is 24.3 Å². The van der Waals surface area contributed by atoms with Crippen molar-refractivity contribution >= 4 is 43.2 Å². The molecule has 2 fully saturated rings. The normalized spacial score (nSPS) is 29.0. The van der Waals surface area contributed by atoms with Crippen LogP contribution in [0.25, 0.3) is 0 Å². The van der Waals surface area contributed by atoms with Crippen LogP contribution in [-0.2, 0) is 31.4 Å². The highest BCUT2D eigenvalue weighted by atomic mass is 32.2. The first-order valence-electron chi connectivity index (χ1n) is 12.5. The number of fused-ring (bicyclic) bond motifs is 6. The van der Waals surface area contributed by atoms with Gasteiger partial charge >= 0.3 is 0 Å². The Kier molecular flexibility index (Phi) is 5.81. The Hall–Kier alpha value is -3.45. The van der Waals surface area contributed by atoms with E-state index in [1.54, 1.807) is 17.0 Å². The van der Waals surface area contributed by atoms with E-state index in [0.717, 1.165) is 25.2 Å². The summed E-state index contributed by atoms with van der Waals surface area (Å²) >= 11 is 0. The van der Waals surface area contributed by atoms with Crippen molar-refractivity contribution in [3.63, 3.8) is 0 Å². The molecule has 0 spiro atoms. The number of carbonyl (C=O) groups is 1. The van der Waals surface area contributed by atoms with Crippen LogP contribution >= 0.6 is 0 Å². The maximum absolute atomic E-state index is 14.0. The van der Waals surface area contributed by atoms with E-state index in [2.05, 4.69) is 21.4 Å². The summed E-state index contributed by atoms with van der Waals surface area (Å²) in [6, 6.07) is 9.49. The van der Waals surface area contributed by atoms with Gasteiger partial charge in [-0.2, -0.15) is 8.42 Å². The van der Waals surface area contributed by atoms with Gasteiger partial charge in [0.25, 0.3) is 15.9 Å². The van der Waals surface area contributed by atoms with Crippen LogP contribution in [0.1, 0.15) is 25.3 Å². The zero-order chi connectivity index (χ0) is 27.9. The van der Waals surface area contributed by atoms with Crippen molar-refractivity contribution in [2.75, 3.05) is 16.3 Å². The summed E-state index contributed by atoms with van der Waals surface area (Å²) in [4.78, 5) is 15.4. The second kappa shape index (κ2) is 8.78. The van der Waals surface area contributed by atoms with E-state index in [1.807, 2.05) is 0 Å². The Bertz CT molecular complexity index is 1670. The van der Waals surface area contributed by atoms with Gasteiger partial charge in [-0.1, -0.05) is 19.1 Å². The highest BCUT2D eigenvalue weighted by Crippen LogP contribution is 2.57. The Morgan fingerprint density at radius 2 is 1.90 bits per heavy atom. The minimum atomic E-state index is -4.36. The lowest BCUT2D eigenvalue weighted by atomic mass is 9.73. The van der Waals surface area contributed by atoms with E-state index in [0.29, 0.717) is 11.5 Å². The lowest BCUT2D eigenvalue weighted by Gasteiger charge is -2.45. The topological polar surface area (TPSA) is 145 Å². The van der Waals surface area contributed by atoms with Crippen LogP contribution < -0.4 is 10.0 Å². The van der Waals surface area contributed by atoms with Crippen molar-refractivity contribution in [3.8, 4) is 0 Å². The summed E-state index contributed by atoms with van der Waals surface area (Å²) in [7, 11) is -8.00. The molecule has 10 nitrogen and oxygen atoms in total. The smallest absolute Gasteiger partial charge is 0.286 e. The summed E-state index contributed by atoms with van der Waals surface area (Å²) in [5, 5.41) is 14.4. The Balaban J connectivity index is 1.42. The van der Waals surface area contributed by atoms with Gasteiger partial charge in [-0.25, -0.2) is 12.8 Å². The lowest BCUT2D eigenvalue weighted by Crippen LogP contribution is -2.54. The SMILES string of the molecule is CC1CC2CC1C1C(O)=C(C3=NS(=O)(=O)c4cc(NS(C)(=O)=O)ccc4N3)C(=O)N(Cc3ccc(F)cc3)C21. The molecular formula is C26H27FN4O6S2. The Morgan fingerprint density at radius 3 is 2.59 bits per heavy atom. The van der Waals surface area contributed by atoms with Crippen molar-refractivity contribution in [2.24, 2.45) is 28.1 Å². The second-order valence-electron chi connectivity index (χ2n) is 10.8. The predicted molar refractivity (Wildman–Crippen MR) is 142 cm³/mol. The molecule has 3 N–H and O–H groups in total. The van der Waals surface area contributed by atoms with Gasteiger partial charge in [0.2, 0.25) is 10.0 Å². The van der Waals surface area contributed by atoms with E-state index in [-0.39, 0.29) is 63.8 Å². The molecule has 2 bridgehead atoms. The zero-order valence-electron chi connectivity index (χ0n) is 21.1. The molecule has 2 aliphatic heterocycles. The molecular weight excluding hydrogens is 547 g/mol. The summed E-state index contributed by atoms with van der Waals surface area (Å²) < 4.78 is 69.2. The van der Waals surface area contributed by atoms with E-state index < -0.39 is 31.8 Å². The van der Waals surface area contributed by atoms with Crippen LogP contribution in [0, 0.1) is 29.5 Å². The van der Waals surface area contributed by atoms with Crippen molar-refractivity contribution in [1.29, 1.82) is 0 Å². The first-order chi connectivity index (χ1) is 18.3. The largest absolute Gasteiger partial charge is 0.511 e. The van der Waals surface area contributed by atoms with Gasteiger partial charge in [0.05, 0.1) is 11.9 Å². The maximum Gasteiger partial charge on any atom is 0.286 e. The molecule has 5 atom stereocenters. The molecule has 5 unspecified atom stereocenters. The molecule has 0 saturated heterocycles. The minimum absolute atomic E-state index is 0.0420. The fourth-order valence-electron chi connectivity index (χ4n) is 6.76. The lowest BCUT2D eigenvalue weighted by molar-refractivity contribution is -0.134. The van der Waals surface area contributed by atoms with Crippen molar-refractivity contribution in [2.45, 2.75) is 37.2 Å². The Morgan fingerprint density at radius 1 is 1.18 bits per heavy atom. The van der Waals surface area contributed by atoms with Crippen molar-refractivity contribution < 1.29 is 31.1 Å². The summed E-state index contributed by atoms with van der Waals surface area (Å²) in [5.41, 5.74) is 0.647. The highest BCUT2D eigenvalue weighted by molar-refractivity contribution is 7.92. The number of rotatable bonds is 5. The standard InChI is InChI=1S/C26H27FN4O6S2/c1-13-9-15-10-18(13)21-23(15)31(12-14-3-5-16(27)6-4-14)26(33)22(24(21)32)25-28-19-8-7-17(29-38(2,34)35)11-20(19)39(36,37)30-25/h3-8,11,13,15,18,21,23,29,32H,9-10,12H2,1-2H3,(H,28,30). The zero-order valence-corrected chi connectivity index (χ0v) is 22.8. The first kappa shape index (κ1) is 25.8. The molecule has 1 amide bonds. The van der Waals surface area contributed by atoms with Crippen LogP contribution in [-0.4, -0.2) is 50.9 Å². The fraction of sp³-hybridized carbons (Fsp3) is 0.385. The minimum Gasteiger partial charge on any atom is -0.511 e. The third-order valence-electron chi connectivity index (χ3n) is 8.23. The molecule has 0 radical (unpaired) electrons. The van der Waals surface area contributed by atoms with Crippen LogP contribution in [0.15, 0.2) is 63.1 Å². The van der Waals surface area contributed by atoms with Gasteiger partial charge < -0.3 is 15.3 Å². The van der Waals surface area contributed by atoms with Gasteiger partial charge in [-0.15, -0.1) is 4.40 Å². The second-order valence-corrected chi connectivity index (χ2v) is 14.2. The van der Waals surface area contributed by atoms with Gasteiger partial charge in [-0.05, 0) is 66.5 Å². The third-order valence-corrected chi connectivity index (χ3v) is 10.2. The summed E-state index contributed by atoms with van der Waals surface area (Å²) in [6.07, 6.45) is 2.71. The molecule has 0 aromatic heterocycles. The predicted octanol–water partition coefficient (Wildman–Crippen LogP) is 3.23. The quantitative estimate of drug-likeness (QED) is 0.497. The number of nitrogens with zero attached hydrogens (tertiary/aromatic N) is 2. The summed E-state index contributed by atoms with van der Waals surface area (Å²) in [6.45, 7) is 2.29. The molecule has 2 saturated carbocycles. The number of carbonyl (C=O) groups excluding carboxylic acids is 1. The Labute approximate surface area is 225 Å². The van der Waals surface area contributed by atoms with Crippen LogP contribution in [0.3, 0.4) is 0 Å². The highest BCUT2D eigenvalue weighted by Gasteiger charge is 2.59. The molecule has 2 aromatic rings. The number of halogens is 1. The van der Waals surface area contributed by atoms with Gasteiger partial charge in [-0.3, -0.25) is 9.52 Å². The number of aliphatic hydroxyl groups is 1. The molecule has 206 valence electrons. The molecule has 2 aromatic carbocycles.